The molecule has 0 radical (unpaired) electrons. The number of carbonyl (C=O) groups is 3. The van der Waals surface area contributed by atoms with E-state index in [2.05, 4.69) is 15.8 Å². The lowest BCUT2D eigenvalue weighted by Gasteiger charge is -2.10. The molecule has 1 aromatic heterocycles. The van der Waals surface area contributed by atoms with Gasteiger partial charge in [-0.1, -0.05) is 29.8 Å². The van der Waals surface area contributed by atoms with E-state index in [1.807, 2.05) is 0 Å². The summed E-state index contributed by atoms with van der Waals surface area (Å²) in [5, 5.41) is 7.07. The Labute approximate surface area is 216 Å². The Morgan fingerprint density at radius 1 is 0.919 bits per heavy atom. The van der Waals surface area contributed by atoms with Gasteiger partial charge in [-0.3, -0.25) is 9.59 Å². The van der Waals surface area contributed by atoms with Crippen molar-refractivity contribution >= 4 is 41.3 Å². The van der Waals surface area contributed by atoms with Gasteiger partial charge in [-0.25, -0.2) is 10.2 Å². The average Bonchev–Trinajstić information content (AvgIpc) is 3.45. The molecular formula is C27H20ClN3O6. The largest absolute Gasteiger partial charge is 0.496 e. The molecule has 4 rings (SSSR count). The molecule has 3 aromatic carbocycles. The minimum Gasteiger partial charge on any atom is -0.496 e. The minimum atomic E-state index is -0.663. The van der Waals surface area contributed by atoms with Crippen LogP contribution in [0.25, 0.3) is 0 Å². The zero-order chi connectivity index (χ0) is 26.2. The zero-order valence-electron chi connectivity index (χ0n) is 19.4. The van der Waals surface area contributed by atoms with Crippen LogP contribution in [0.2, 0.25) is 5.02 Å². The number of amides is 2. The summed E-state index contributed by atoms with van der Waals surface area (Å²) in [6.07, 6.45) is 2.72. The standard InChI is InChI=1S/C27H20ClN3O6/c1-35-23-12-11-19(28)15-21(23)26(33)30-20-8-4-7-17(14-20)25(32)31-29-16-18-6-2-3-9-22(18)37-27(34)24-10-5-13-36-24/h2-16H,1H3,(H,30,33)(H,31,32). The van der Waals surface area contributed by atoms with Gasteiger partial charge in [-0.15, -0.1) is 0 Å². The number of hydrazone groups is 1. The van der Waals surface area contributed by atoms with Crippen LogP contribution in [0, 0.1) is 0 Å². The highest BCUT2D eigenvalue weighted by atomic mass is 35.5. The molecule has 37 heavy (non-hydrogen) atoms. The van der Waals surface area contributed by atoms with Gasteiger partial charge in [0.15, 0.2) is 0 Å². The Kier molecular flexibility index (Phi) is 7.97. The second kappa shape index (κ2) is 11.7. The fourth-order valence-corrected chi connectivity index (χ4v) is 3.42. The van der Waals surface area contributed by atoms with Crippen LogP contribution in [0.4, 0.5) is 5.69 Å². The van der Waals surface area contributed by atoms with Crippen molar-refractivity contribution in [3.8, 4) is 11.5 Å². The third-order valence-corrected chi connectivity index (χ3v) is 5.24. The second-order valence-corrected chi connectivity index (χ2v) is 7.92. The topological polar surface area (TPSA) is 119 Å². The first-order chi connectivity index (χ1) is 17.9. The number of benzene rings is 3. The minimum absolute atomic E-state index is 0.0563. The predicted octanol–water partition coefficient (Wildman–Crippen LogP) is 5.18. The fourth-order valence-electron chi connectivity index (χ4n) is 3.24. The van der Waals surface area contributed by atoms with E-state index >= 15 is 0 Å². The number of methoxy groups -OCH3 is 1. The molecule has 0 aliphatic heterocycles. The van der Waals surface area contributed by atoms with Gasteiger partial charge < -0.3 is 19.2 Å². The summed E-state index contributed by atoms with van der Waals surface area (Å²) in [6, 6.07) is 20.8. The first-order valence-corrected chi connectivity index (χ1v) is 11.3. The average molecular weight is 518 g/mol. The lowest BCUT2D eigenvalue weighted by Crippen LogP contribution is -2.18. The maximum absolute atomic E-state index is 12.7. The van der Waals surface area contributed by atoms with Crippen molar-refractivity contribution in [2.24, 2.45) is 5.10 Å². The van der Waals surface area contributed by atoms with Crippen LogP contribution in [0.5, 0.6) is 11.5 Å². The number of ether oxygens (including phenoxy) is 2. The van der Waals surface area contributed by atoms with Crippen molar-refractivity contribution < 1.29 is 28.3 Å². The Morgan fingerprint density at radius 2 is 1.76 bits per heavy atom. The number of rotatable bonds is 8. The number of nitrogens with one attached hydrogen (secondary N) is 2. The second-order valence-electron chi connectivity index (χ2n) is 7.48. The van der Waals surface area contributed by atoms with Gasteiger partial charge in [0.2, 0.25) is 5.76 Å². The summed E-state index contributed by atoms with van der Waals surface area (Å²) in [4.78, 5) is 37.5. The van der Waals surface area contributed by atoms with E-state index < -0.39 is 17.8 Å². The molecule has 0 fully saturated rings. The lowest BCUT2D eigenvalue weighted by atomic mass is 10.1. The van der Waals surface area contributed by atoms with Crippen molar-refractivity contribution in [1.29, 1.82) is 0 Å². The summed E-state index contributed by atoms with van der Waals surface area (Å²) in [5.74, 6) is -0.971. The van der Waals surface area contributed by atoms with Crippen molar-refractivity contribution in [3.05, 3.63) is 113 Å². The lowest BCUT2D eigenvalue weighted by molar-refractivity contribution is 0.0700. The van der Waals surface area contributed by atoms with E-state index in [9.17, 15) is 14.4 Å². The van der Waals surface area contributed by atoms with E-state index in [0.29, 0.717) is 22.0 Å². The van der Waals surface area contributed by atoms with Gasteiger partial charge >= 0.3 is 5.97 Å². The third kappa shape index (κ3) is 6.41. The zero-order valence-corrected chi connectivity index (χ0v) is 20.2. The molecule has 0 atom stereocenters. The highest BCUT2D eigenvalue weighted by Gasteiger charge is 2.15. The number of esters is 1. The molecule has 1 heterocycles. The van der Waals surface area contributed by atoms with Crippen molar-refractivity contribution in [2.45, 2.75) is 0 Å². The molecule has 9 nitrogen and oxygen atoms in total. The van der Waals surface area contributed by atoms with Crippen LogP contribution < -0.4 is 20.2 Å². The van der Waals surface area contributed by atoms with Crippen LogP contribution in [0.1, 0.15) is 36.8 Å². The summed E-state index contributed by atoms with van der Waals surface area (Å²) in [6.45, 7) is 0. The Hall–Kier alpha value is -4.89. The molecule has 0 saturated carbocycles. The van der Waals surface area contributed by atoms with Gasteiger partial charge in [0.1, 0.15) is 11.5 Å². The van der Waals surface area contributed by atoms with Crippen LogP contribution in [0.3, 0.4) is 0 Å². The quantitative estimate of drug-likeness (QED) is 0.144. The van der Waals surface area contributed by atoms with Crippen molar-refractivity contribution in [2.75, 3.05) is 12.4 Å². The molecule has 186 valence electrons. The van der Waals surface area contributed by atoms with Crippen LogP contribution in [-0.2, 0) is 0 Å². The number of furan rings is 1. The molecule has 0 aliphatic rings. The SMILES string of the molecule is COc1ccc(Cl)cc1C(=O)Nc1cccc(C(=O)NN=Cc2ccccc2OC(=O)c2ccco2)c1. The summed E-state index contributed by atoms with van der Waals surface area (Å²) < 4.78 is 15.6. The fraction of sp³-hybridized carbons (Fsp3) is 0.0370. The number of hydrogen-bond donors (Lipinski definition) is 2. The van der Waals surface area contributed by atoms with E-state index in [1.165, 1.54) is 37.8 Å². The monoisotopic (exact) mass is 517 g/mol. The highest BCUT2D eigenvalue weighted by Crippen LogP contribution is 2.24. The molecule has 10 heteroatoms. The van der Waals surface area contributed by atoms with E-state index in [1.54, 1.807) is 60.7 Å². The van der Waals surface area contributed by atoms with Gasteiger partial charge in [0.25, 0.3) is 11.8 Å². The van der Waals surface area contributed by atoms with E-state index in [-0.39, 0.29) is 22.6 Å². The number of carbonyl (C=O) groups excluding carboxylic acids is 3. The predicted molar refractivity (Wildman–Crippen MR) is 138 cm³/mol. The van der Waals surface area contributed by atoms with Crippen molar-refractivity contribution in [1.82, 2.24) is 5.43 Å². The van der Waals surface area contributed by atoms with Crippen molar-refractivity contribution in [3.63, 3.8) is 0 Å². The van der Waals surface area contributed by atoms with Crippen LogP contribution >= 0.6 is 11.6 Å². The number of nitrogens with zero attached hydrogens (tertiary/aromatic N) is 1. The number of anilines is 1. The van der Waals surface area contributed by atoms with Crippen LogP contribution in [-0.4, -0.2) is 31.1 Å². The normalized spacial score (nSPS) is 10.6. The highest BCUT2D eigenvalue weighted by molar-refractivity contribution is 6.31. The van der Waals surface area contributed by atoms with Gasteiger partial charge in [-0.05, 0) is 60.7 Å². The molecule has 0 unspecified atom stereocenters. The number of hydrogen-bond acceptors (Lipinski definition) is 7. The number of para-hydroxylation sites is 1. The smallest absolute Gasteiger partial charge is 0.379 e. The molecular weight excluding hydrogens is 498 g/mol. The van der Waals surface area contributed by atoms with Gasteiger partial charge in [0.05, 0.1) is 25.2 Å². The maximum atomic E-state index is 12.7. The maximum Gasteiger partial charge on any atom is 0.379 e. The summed E-state index contributed by atoms with van der Waals surface area (Å²) in [5.41, 5.74) is 3.77. The Morgan fingerprint density at radius 3 is 2.54 bits per heavy atom. The summed E-state index contributed by atoms with van der Waals surface area (Å²) in [7, 11) is 1.45. The third-order valence-electron chi connectivity index (χ3n) is 5.00. The summed E-state index contributed by atoms with van der Waals surface area (Å²) >= 11 is 6.01. The Bertz CT molecular complexity index is 1470. The van der Waals surface area contributed by atoms with Gasteiger partial charge in [-0.2, -0.15) is 5.10 Å². The first-order valence-electron chi connectivity index (χ1n) is 10.9. The number of halogens is 1. The van der Waals surface area contributed by atoms with Crippen LogP contribution in [0.15, 0.2) is 94.6 Å². The molecule has 2 N–H and O–H groups in total. The van der Waals surface area contributed by atoms with E-state index in [4.69, 9.17) is 25.5 Å². The van der Waals surface area contributed by atoms with Gasteiger partial charge in [0, 0.05) is 21.8 Å². The first kappa shape index (κ1) is 25.2. The molecule has 0 aliphatic carbocycles. The molecule has 2 amide bonds. The van der Waals surface area contributed by atoms with E-state index in [0.717, 1.165) is 0 Å². The molecule has 0 saturated heterocycles. The molecule has 0 bridgehead atoms. The molecule has 0 spiro atoms. The Balaban J connectivity index is 1.41. The molecule has 4 aromatic rings.